The zero-order chi connectivity index (χ0) is 21.6. The van der Waals surface area contributed by atoms with Gasteiger partial charge in [0.05, 0.1) is 32.8 Å². The Kier molecular flexibility index (Phi) is 4.91. The molecule has 5 rings (SSSR count). The first-order chi connectivity index (χ1) is 15.0. The molecule has 3 fully saturated rings. The standard InChI is InChI=1S/C22H29BO4PS/c1-21-13-15(7-9-24)20-17-5-3-16(27-29-28-23)12-14(17)2-4-18(20)19(21)6-8-22(21)25-10-11-26-22/h3,5,7,12,18-20,23-24,28H,2,4,6,8-11,13H2,1H3/b15-7+/i23T,28D. The molecule has 7 heteroatoms. The van der Waals surface area contributed by atoms with Gasteiger partial charge in [-0.2, -0.15) is 0 Å². The van der Waals surface area contributed by atoms with E-state index >= 15 is 0 Å². The SMILES string of the molecule is [2H]P([B][3H])SOc1ccc2c(c1)CCC1C2/C(=C/CO)CC2(C)C1CCC21OCCO1. The van der Waals surface area contributed by atoms with Gasteiger partial charge in [0.15, 0.2) is 5.79 Å². The summed E-state index contributed by atoms with van der Waals surface area (Å²) in [5.74, 6) is 1.68. The van der Waals surface area contributed by atoms with Gasteiger partial charge < -0.3 is 18.8 Å². The van der Waals surface area contributed by atoms with E-state index in [1.54, 1.807) is 0 Å². The Labute approximate surface area is 182 Å². The van der Waals surface area contributed by atoms with Gasteiger partial charge in [-0.15, -0.1) is 0 Å². The molecule has 3 aliphatic carbocycles. The number of aliphatic hydroxyl groups is 1. The quantitative estimate of drug-likeness (QED) is 0.325. The van der Waals surface area contributed by atoms with Crippen LogP contribution >= 0.6 is 19.3 Å². The average Bonchev–Trinajstić information content (AvgIpc) is 3.37. The fourth-order valence-electron chi connectivity index (χ4n) is 6.81. The molecular formula is C22H29BO4PS. The molecule has 29 heavy (non-hydrogen) atoms. The molecule has 1 spiro atoms. The molecular weight excluding hydrogens is 402 g/mol. The maximum Gasteiger partial charge on any atom is 0.174 e. The molecule has 0 bridgehead atoms. The molecule has 4 aliphatic rings. The Morgan fingerprint density at radius 2 is 2.34 bits per heavy atom. The van der Waals surface area contributed by atoms with Crippen molar-refractivity contribution < 1.29 is 18.8 Å². The summed E-state index contributed by atoms with van der Waals surface area (Å²) in [6.07, 6.45) is 7.13. The van der Waals surface area contributed by atoms with Crippen molar-refractivity contribution in [3.05, 3.63) is 41.0 Å². The maximum absolute atomic E-state index is 9.83. The molecule has 155 valence electrons. The van der Waals surface area contributed by atoms with Gasteiger partial charge in [0.1, 0.15) is 13.3 Å². The molecule has 0 amide bonds. The van der Waals surface area contributed by atoms with Crippen molar-refractivity contribution in [2.75, 3.05) is 19.8 Å². The van der Waals surface area contributed by atoms with Crippen LogP contribution in [-0.4, -0.2) is 40.9 Å². The minimum atomic E-state index is -1.33. The van der Waals surface area contributed by atoms with Crippen molar-refractivity contribution >= 4 is 26.8 Å². The van der Waals surface area contributed by atoms with E-state index in [2.05, 4.69) is 19.1 Å². The van der Waals surface area contributed by atoms with Crippen LogP contribution in [0.1, 0.15) is 49.7 Å². The van der Waals surface area contributed by atoms with Crippen molar-refractivity contribution in [2.45, 2.75) is 50.7 Å². The van der Waals surface area contributed by atoms with Crippen molar-refractivity contribution in [1.29, 1.82) is 2.61 Å². The lowest BCUT2D eigenvalue weighted by molar-refractivity contribution is -0.232. The number of aryl methyl sites for hydroxylation is 1. The van der Waals surface area contributed by atoms with Crippen molar-refractivity contribution in [1.82, 2.24) is 0 Å². The Balaban J connectivity index is 1.47. The molecule has 1 heterocycles. The lowest BCUT2D eigenvalue weighted by Gasteiger charge is -2.54. The average molecular weight is 434 g/mol. The van der Waals surface area contributed by atoms with Crippen molar-refractivity contribution in [2.24, 2.45) is 17.3 Å². The number of aliphatic hydroxyl groups excluding tert-OH is 1. The first kappa shape index (κ1) is 18.1. The van der Waals surface area contributed by atoms with E-state index in [9.17, 15) is 5.11 Å². The van der Waals surface area contributed by atoms with Gasteiger partial charge in [-0.1, -0.05) is 32.2 Å². The van der Waals surface area contributed by atoms with Crippen molar-refractivity contribution in [3.63, 3.8) is 0 Å². The monoisotopic (exact) mass is 434 g/mol. The van der Waals surface area contributed by atoms with Crippen LogP contribution < -0.4 is 4.18 Å². The molecule has 1 aromatic rings. The summed E-state index contributed by atoms with van der Waals surface area (Å²) in [5.41, 5.74) is 3.91. The minimum absolute atomic E-state index is 0.0534. The van der Waals surface area contributed by atoms with Gasteiger partial charge in [-0.3, -0.25) is 0 Å². The first-order valence-corrected chi connectivity index (χ1v) is 12.9. The molecule has 1 radical (unpaired) electrons. The Morgan fingerprint density at radius 3 is 3.14 bits per heavy atom. The van der Waals surface area contributed by atoms with E-state index in [1.165, 1.54) is 16.7 Å². The number of fused-ring (bicyclic) bond motifs is 6. The molecule has 1 aliphatic heterocycles. The third kappa shape index (κ3) is 3.13. The summed E-state index contributed by atoms with van der Waals surface area (Å²) < 4.78 is 33.1. The predicted octanol–water partition coefficient (Wildman–Crippen LogP) is 4.25. The van der Waals surface area contributed by atoms with E-state index in [0.29, 0.717) is 31.0 Å². The van der Waals surface area contributed by atoms with Crippen molar-refractivity contribution in [3.8, 4) is 5.75 Å². The van der Waals surface area contributed by atoms with Gasteiger partial charge in [0.25, 0.3) is 0 Å². The maximum atomic E-state index is 9.83. The van der Waals surface area contributed by atoms with E-state index in [-0.39, 0.29) is 12.0 Å². The number of hydrogen-bond donors (Lipinski definition) is 1. The van der Waals surface area contributed by atoms with E-state index in [1.807, 2.05) is 12.1 Å². The zero-order valence-electron chi connectivity index (χ0n) is 18.8. The van der Waals surface area contributed by atoms with Crippen LogP contribution in [0.5, 0.6) is 5.75 Å². The second-order valence-corrected chi connectivity index (χ2v) is 10.6. The Morgan fingerprint density at radius 1 is 1.48 bits per heavy atom. The Bertz CT molecular complexity index is 868. The van der Waals surface area contributed by atoms with Crippen LogP contribution in [0, 0.1) is 17.3 Å². The summed E-state index contributed by atoms with van der Waals surface area (Å²) >= 11 is 1.05. The van der Waals surface area contributed by atoms with Gasteiger partial charge in [0, 0.05) is 17.8 Å². The fourth-order valence-corrected chi connectivity index (χ4v) is 7.43. The van der Waals surface area contributed by atoms with Gasteiger partial charge in [0.2, 0.25) is 0 Å². The number of benzene rings is 1. The normalized spacial score (nSPS) is 38.0. The van der Waals surface area contributed by atoms with Crippen LogP contribution in [0.2, 0.25) is 0 Å². The fraction of sp³-hybridized carbons (Fsp3) is 0.636. The largest absolute Gasteiger partial charge is 0.423 e. The van der Waals surface area contributed by atoms with Crippen LogP contribution in [0.15, 0.2) is 29.8 Å². The number of rotatable bonds is 5. The topological polar surface area (TPSA) is 47.9 Å². The zero-order valence-corrected chi connectivity index (χ0v) is 18.5. The van der Waals surface area contributed by atoms with E-state index < -0.39 is 13.4 Å². The van der Waals surface area contributed by atoms with Gasteiger partial charge >= 0.3 is 0 Å². The van der Waals surface area contributed by atoms with Crippen LogP contribution in [0.3, 0.4) is 0 Å². The number of hydrogen-bond acceptors (Lipinski definition) is 5. The molecule has 4 nitrogen and oxygen atoms in total. The highest BCUT2D eigenvalue weighted by Gasteiger charge is 2.65. The van der Waals surface area contributed by atoms with Gasteiger partial charge in [-0.05, 0) is 62.1 Å². The molecule has 1 saturated heterocycles. The lowest BCUT2D eigenvalue weighted by Crippen LogP contribution is -2.52. The third-order valence-electron chi connectivity index (χ3n) is 7.87. The smallest absolute Gasteiger partial charge is 0.174 e. The summed E-state index contributed by atoms with van der Waals surface area (Å²) in [5, 5.41) is 9.83. The molecule has 1 N–H and O–H groups in total. The van der Waals surface area contributed by atoms with Crippen LogP contribution in [-0.2, 0) is 15.9 Å². The lowest BCUT2D eigenvalue weighted by atomic mass is 9.53. The molecule has 1 aromatic carbocycles. The summed E-state index contributed by atoms with van der Waals surface area (Å²) in [6, 6.07) is 6.28. The molecule has 2 saturated carbocycles. The highest BCUT2D eigenvalue weighted by molar-refractivity contribution is 8.53. The summed E-state index contributed by atoms with van der Waals surface area (Å²) in [6.45, 7) is 3.76. The molecule has 5 unspecified atom stereocenters. The first-order valence-electron chi connectivity index (χ1n) is 11.6. The van der Waals surface area contributed by atoms with E-state index in [0.717, 1.165) is 57.0 Å². The highest BCUT2D eigenvalue weighted by Crippen LogP contribution is 2.67. The minimum Gasteiger partial charge on any atom is -0.423 e. The van der Waals surface area contributed by atoms with Crippen LogP contribution in [0.25, 0.3) is 0 Å². The highest BCUT2D eigenvalue weighted by atomic mass is 32.7. The second-order valence-electron chi connectivity index (χ2n) is 8.95. The summed E-state index contributed by atoms with van der Waals surface area (Å²) in [7, 11) is -0.207. The summed E-state index contributed by atoms with van der Waals surface area (Å²) in [4.78, 5) is 0. The Hall–Kier alpha value is -0.515. The predicted molar refractivity (Wildman–Crippen MR) is 120 cm³/mol. The third-order valence-corrected chi connectivity index (χ3v) is 8.70. The molecule has 5 atom stereocenters. The molecule has 0 aromatic heterocycles. The van der Waals surface area contributed by atoms with Gasteiger partial charge in [-0.25, -0.2) is 0 Å². The van der Waals surface area contributed by atoms with E-state index in [4.69, 9.17) is 16.3 Å². The number of ether oxygens (including phenoxy) is 2. The number of allylic oxidation sites excluding steroid dienone is 1. The second kappa shape index (κ2) is 7.87. The van der Waals surface area contributed by atoms with Crippen LogP contribution in [0.4, 0.5) is 0 Å².